The molecule has 0 fully saturated rings. The van der Waals surface area contributed by atoms with Gasteiger partial charge in [-0.15, -0.1) is 0 Å². The largest absolute Gasteiger partial charge is 0.396 e. The molecule has 106 valence electrons. The van der Waals surface area contributed by atoms with Gasteiger partial charge in [-0.3, -0.25) is 4.79 Å². The number of aliphatic hydroxyl groups excluding tert-OH is 1. The van der Waals surface area contributed by atoms with Gasteiger partial charge in [0.2, 0.25) is 5.91 Å². The summed E-state index contributed by atoms with van der Waals surface area (Å²) in [4.78, 5) is 10.9. The maximum atomic E-state index is 10.9. The summed E-state index contributed by atoms with van der Waals surface area (Å²) in [6.07, 6.45) is 1.88. The Morgan fingerprint density at radius 1 is 1.16 bits per heavy atom. The average molecular weight is 264 g/mol. The second-order valence-corrected chi connectivity index (χ2v) is 4.98. The van der Waals surface area contributed by atoms with Gasteiger partial charge in [0.15, 0.2) is 0 Å². The molecular weight excluding hydrogens is 240 g/mol. The van der Waals surface area contributed by atoms with E-state index < -0.39 is 0 Å². The first-order valence-corrected chi connectivity index (χ1v) is 6.77. The maximum Gasteiger partial charge on any atom is 0.221 e. The van der Waals surface area contributed by atoms with Crippen LogP contribution in [0, 0.1) is 5.41 Å². The molecule has 0 aromatic heterocycles. The fourth-order valence-corrected chi connectivity index (χ4v) is 1.94. The Balaban J connectivity index is 2.60. The molecule has 0 aliphatic heterocycles. The molecule has 0 heterocycles. The number of carbonyl (C=O) groups excluding carboxylic acids is 1. The molecule has 0 unspecified atom stereocenters. The van der Waals surface area contributed by atoms with Gasteiger partial charge in [-0.2, -0.15) is 0 Å². The third-order valence-electron chi connectivity index (χ3n) is 3.71. The van der Waals surface area contributed by atoms with Crippen molar-refractivity contribution in [1.29, 1.82) is 0 Å². The van der Waals surface area contributed by atoms with Crippen molar-refractivity contribution in [2.75, 3.05) is 23.8 Å². The third kappa shape index (κ3) is 4.56. The second-order valence-electron chi connectivity index (χ2n) is 4.98. The smallest absolute Gasteiger partial charge is 0.221 e. The van der Waals surface area contributed by atoms with Crippen molar-refractivity contribution < 1.29 is 9.90 Å². The molecule has 4 heteroatoms. The van der Waals surface area contributed by atoms with Crippen LogP contribution in [0.25, 0.3) is 0 Å². The number of nitrogens with one attached hydrogen (secondary N) is 2. The minimum absolute atomic E-state index is 0.0592. The average Bonchev–Trinajstić information content (AvgIpc) is 2.42. The Hall–Kier alpha value is -1.55. The van der Waals surface area contributed by atoms with Crippen molar-refractivity contribution >= 4 is 17.3 Å². The summed E-state index contributed by atoms with van der Waals surface area (Å²) in [6.45, 7) is 6.62. The van der Waals surface area contributed by atoms with Crippen LogP contribution in [-0.2, 0) is 4.79 Å². The van der Waals surface area contributed by atoms with Gasteiger partial charge in [0.05, 0.1) is 6.61 Å². The Morgan fingerprint density at radius 3 is 2.11 bits per heavy atom. The molecule has 19 heavy (non-hydrogen) atoms. The van der Waals surface area contributed by atoms with Crippen molar-refractivity contribution in [1.82, 2.24) is 0 Å². The fourth-order valence-electron chi connectivity index (χ4n) is 1.94. The van der Waals surface area contributed by atoms with Crippen LogP contribution in [0.5, 0.6) is 0 Å². The van der Waals surface area contributed by atoms with E-state index >= 15 is 0 Å². The van der Waals surface area contributed by atoms with Crippen LogP contribution >= 0.6 is 0 Å². The molecular formula is C15H24N2O2. The number of benzene rings is 1. The Bertz CT molecular complexity index is 389. The zero-order chi connectivity index (χ0) is 14.3. The van der Waals surface area contributed by atoms with Crippen LogP contribution in [0.1, 0.15) is 33.6 Å². The molecule has 0 saturated heterocycles. The van der Waals surface area contributed by atoms with Gasteiger partial charge < -0.3 is 15.7 Å². The first-order chi connectivity index (χ1) is 9.05. The van der Waals surface area contributed by atoms with Crippen molar-refractivity contribution in [3.05, 3.63) is 24.3 Å². The summed E-state index contributed by atoms with van der Waals surface area (Å²) in [5.74, 6) is -0.0722. The Kier molecular flexibility index (Phi) is 5.83. The lowest BCUT2D eigenvalue weighted by atomic mass is 9.83. The summed E-state index contributed by atoms with van der Waals surface area (Å²) in [6, 6.07) is 7.59. The molecule has 1 aromatic rings. The van der Waals surface area contributed by atoms with Crippen molar-refractivity contribution in [2.45, 2.75) is 33.6 Å². The fraction of sp³-hybridized carbons (Fsp3) is 0.533. The van der Waals surface area contributed by atoms with Gasteiger partial charge in [-0.1, -0.05) is 13.8 Å². The summed E-state index contributed by atoms with van der Waals surface area (Å²) in [5, 5.41) is 15.6. The normalized spacial score (nSPS) is 11.2. The molecule has 0 spiro atoms. The van der Waals surface area contributed by atoms with Crippen molar-refractivity contribution in [3.63, 3.8) is 0 Å². The first kappa shape index (κ1) is 15.5. The maximum absolute atomic E-state index is 10.9. The molecule has 3 N–H and O–H groups in total. The number of hydrogen-bond donors (Lipinski definition) is 3. The molecule has 0 saturated carbocycles. The molecule has 1 aromatic carbocycles. The molecule has 0 atom stereocenters. The van der Waals surface area contributed by atoms with Crippen molar-refractivity contribution in [2.24, 2.45) is 5.41 Å². The molecule has 0 aliphatic carbocycles. The van der Waals surface area contributed by atoms with Crippen LogP contribution in [0.4, 0.5) is 11.4 Å². The van der Waals surface area contributed by atoms with Gasteiger partial charge in [0, 0.05) is 30.3 Å². The molecule has 4 nitrogen and oxygen atoms in total. The summed E-state index contributed by atoms with van der Waals surface area (Å²) < 4.78 is 0. The predicted molar refractivity (Wildman–Crippen MR) is 79.3 cm³/mol. The predicted octanol–water partition coefficient (Wildman–Crippen LogP) is 2.86. The van der Waals surface area contributed by atoms with Crippen LogP contribution < -0.4 is 10.6 Å². The number of rotatable bonds is 7. The highest BCUT2D eigenvalue weighted by atomic mass is 16.3. The zero-order valence-electron chi connectivity index (χ0n) is 12.0. The standard InChI is InChI=1S/C15H24N2O2/c1-4-15(5-2,11-18)10-16-13-6-8-14(9-7-13)17-12(3)19/h6-9,16,18H,4-5,10-11H2,1-3H3,(H,17,19). The first-order valence-electron chi connectivity index (χ1n) is 6.77. The number of anilines is 2. The Labute approximate surface area is 115 Å². The minimum atomic E-state index is -0.0722. The molecule has 0 aliphatic rings. The summed E-state index contributed by atoms with van der Waals surface area (Å²) in [5.41, 5.74) is 1.72. The van der Waals surface area contributed by atoms with E-state index in [0.29, 0.717) is 0 Å². The number of hydrogen-bond acceptors (Lipinski definition) is 3. The molecule has 0 bridgehead atoms. The quantitative estimate of drug-likeness (QED) is 0.709. The van der Waals surface area contributed by atoms with Crippen LogP contribution in [0.15, 0.2) is 24.3 Å². The lowest BCUT2D eigenvalue weighted by Crippen LogP contribution is -2.32. The monoisotopic (exact) mass is 264 g/mol. The summed E-state index contributed by atoms with van der Waals surface area (Å²) in [7, 11) is 0. The van der Waals surface area contributed by atoms with Crippen LogP contribution in [-0.4, -0.2) is 24.2 Å². The van der Waals surface area contributed by atoms with E-state index in [4.69, 9.17) is 0 Å². The van der Waals surface area contributed by atoms with E-state index in [9.17, 15) is 9.90 Å². The van der Waals surface area contributed by atoms with Gasteiger partial charge in [0.25, 0.3) is 0 Å². The number of aliphatic hydroxyl groups is 1. The van der Waals surface area contributed by atoms with Crippen LogP contribution in [0.3, 0.4) is 0 Å². The van der Waals surface area contributed by atoms with Gasteiger partial charge in [0.1, 0.15) is 0 Å². The van der Waals surface area contributed by atoms with Gasteiger partial charge in [-0.25, -0.2) is 0 Å². The highest BCUT2D eigenvalue weighted by molar-refractivity contribution is 5.88. The topological polar surface area (TPSA) is 61.4 Å². The molecule has 0 radical (unpaired) electrons. The molecule has 1 rings (SSSR count). The van der Waals surface area contributed by atoms with E-state index in [-0.39, 0.29) is 17.9 Å². The lowest BCUT2D eigenvalue weighted by molar-refractivity contribution is -0.114. The van der Waals surface area contributed by atoms with E-state index in [0.717, 1.165) is 30.8 Å². The second kappa shape index (κ2) is 7.14. The van der Waals surface area contributed by atoms with Gasteiger partial charge in [-0.05, 0) is 37.1 Å². The summed E-state index contributed by atoms with van der Waals surface area (Å²) >= 11 is 0. The highest BCUT2D eigenvalue weighted by Gasteiger charge is 2.24. The number of carbonyl (C=O) groups is 1. The molecule has 1 amide bonds. The van der Waals surface area contributed by atoms with E-state index in [1.807, 2.05) is 24.3 Å². The van der Waals surface area contributed by atoms with Crippen LogP contribution in [0.2, 0.25) is 0 Å². The highest BCUT2D eigenvalue weighted by Crippen LogP contribution is 2.26. The Morgan fingerprint density at radius 2 is 1.68 bits per heavy atom. The van der Waals surface area contributed by atoms with E-state index in [1.54, 1.807) is 0 Å². The van der Waals surface area contributed by atoms with E-state index in [1.165, 1.54) is 6.92 Å². The zero-order valence-corrected chi connectivity index (χ0v) is 12.0. The van der Waals surface area contributed by atoms with E-state index in [2.05, 4.69) is 24.5 Å². The lowest BCUT2D eigenvalue weighted by Gasteiger charge is -2.30. The van der Waals surface area contributed by atoms with Gasteiger partial charge >= 0.3 is 0 Å². The van der Waals surface area contributed by atoms with Crippen molar-refractivity contribution in [3.8, 4) is 0 Å². The third-order valence-corrected chi connectivity index (χ3v) is 3.71. The minimum Gasteiger partial charge on any atom is -0.396 e. The SMILES string of the molecule is CCC(CC)(CO)CNc1ccc(NC(C)=O)cc1. The number of amides is 1.